The normalized spacial score (nSPS) is 10.4. The van der Waals surface area contributed by atoms with Gasteiger partial charge in [0.05, 0.1) is 5.69 Å². The monoisotopic (exact) mass is 233 g/mol. The molecular formula is C12H15N3S. The summed E-state index contributed by atoms with van der Waals surface area (Å²) in [5.74, 6) is 0. The molecule has 0 atom stereocenters. The van der Waals surface area contributed by atoms with Gasteiger partial charge in [-0.1, -0.05) is 0 Å². The Balaban J connectivity index is 2.02. The second-order valence-electron chi connectivity index (χ2n) is 3.63. The van der Waals surface area contributed by atoms with Gasteiger partial charge in [-0.05, 0) is 37.5 Å². The molecule has 0 fully saturated rings. The first kappa shape index (κ1) is 11.1. The van der Waals surface area contributed by atoms with E-state index in [0.29, 0.717) is 0 Å². The third-order valence-electron chi connectivity index (χ3n) is 2.50. The molecule has 4 heteroatoms. The Labute approximate surface area is 99.6 Å². The Bertz CT molecular complexity index is 451. The zero-order valence-electron chi connectivity index (χ0n) is 9.53. The molecule has 16 heavy (non-hydrogen) atoms. The van der Waals surface area contributed by atoms with Crippen LogP contribution in [0.4, 0.5) is 5.13 Å². The Hall–Kier alpha value is -1.42. The van der Waals surface area contributed by atoms with Crippen LogP contribution in [0.5, 0.6) is 0 Å². The summed E-state index contributed by atoms with van der Waals surface area (Å²) in [6.45, 7) is 2.07. The molecular weight excluding hydrogens is 218 g/mol. The zero-order valence-corrected chi connectivity index (χ0v) is 10.3. The van der Waals surface area contributed by atoms with E-state index < -0.39 is 0 Å². The molecule has 0 radical (unpaired) electrons. The van der Waals surface area contributed by atoms with Crippen molar-refractivity contribution in [2.24, 2.45) is 0 Å². The first-order chi connectivity index (χ1) is 7.79. The fourth-order valence-corrected chi connectivity index (χ4v) is 2.49. The van der Waals surface area contributed by atoms with Crippen LogP contribution in [0.3, 0.4) is 0 Å². The number of pyridine rings is 1. The average Bonchev–Trinajstić information content (AvgIpc) is 2.69. The first-order valence-electron chi connectivity index (χ1n) is 5.32. The second-order valence-corrected chi connectivity index (χ2v) is 4.72. The highest BCUT2D eigenvalue weighted by molar-refractivity contribution is 7.15. The van der Waals surface area contributed by atoms with Crippen molar-refractivity contribution < 1.29 is 0 Å². The highest BCUT2D eigenvalue weighted by atomic mass is 32.1. The van der Waals surface area contributed by atoms with Gasteiger partial charge in [0.15, 0.2) is 5.13 Å². The van der Waals surface area contributed by atoms with Crippen LogP contribution >= 0.6 is 11.3 Å². The number of nitrogens with zero attached hydrogens (tertiary/aromatic N) is 2. The fraction of sp³-hybridized carbons (Fsp3) is 0.333. The van der Waals surface area contributed by atoms with Crippen LogP contribution < -0.4 is 5.32 Å². The maximum absolute atomic E-state index is 4.44. The van der Waals surface area contributed by atoms with Gasteiger partial charge in [0.2, 0.25) is 0 Å². The topological polar surface area (TPSA) is 37.8 Å². The van der Waals surface area contributed by atoms with Crippen molar-refractivity contribution in [1.82, 2.24) is 9.97 Å². The van der Waals surface area contributed by atoms with Crippen molar-refractivity contribution in [3.05, 3.63) is 40.7 Å². The van der Waals surface area contributed by atoms with E-state index in [4.69, 9.17) is 0 Å². The number of hydrogen-bond acceptors (Lipinski definition) is 4. The van der Waals surface area contributed by atoms with Crippen LogP contribution in [-0.4, -0.2) is 17.0 Å². The highest BCUT2D eigenvalue weighted by Gasteiger charge is 2.06. The lowest BCUT2D eigenvalue weighted by atomic mass is 10.1. The van der Waals surface area contributed by atoms with E-state index in [0.717, 1.165) is 23.7 Å². The number of hydrogen-bond donors (Lipinski definition) is 1. The van der Waals surface area contributed by atoms with Crippen LogP contribution in [0.25, 0.3) is 0 Å². The summed E-state index contributed by atoms with van der Waals surface area (Å²) in [4.78, 5) is 9.81. The molecule has 3 nitrogen and oxygen atoms in total. The standard InChI is InChI=1S/C12H15N3S/c1-9-11(16-12(13-2)15-9)4-3-10-5-7-14-8-6-10/h5-8H,3-4H2,1-2H3,(H,13,15). The highest BCUT2D eigenvalue weighted by Crippen LogP contribution is 2.23. The first-order valence-corrected chi connectivity index (χ1v) is 6.14. The molecule has 0 unspecified atom stereocenters. The molecule has 0 bridgehead atoms. The molecule has 84 valence electrons. The predicted molar refractivity (Wildman–Crippen MR) is 68.0 cm³/mol. The molecule has 0 saturated heterocycles. The van der Waals surface area contributed by atoms with Crippen LogP contribution in [0.1, 0.15) is 16.1 Å². The quantitative estimate of drug-likeness (QED) is 0.882. The molecule has 2 rings (SSSR count). The van der Waals surface area contributed by atoms with Crippen LogP contribution in [-0.2, 0) is 12.8 Å². The maximum Gasteiger partial charge on any atom is 0.182 e. The molecule has 2 aromatic rings. The van der Waals surface area contributed by atoms with Gasteiger partial charge in [-0.3, -0.25) is 4.98 Å². The van der Waals surface area contributed by atoms with Crippen molar-refractivity contribution in [3.63, 3.8) is 0 Å². The van der Waals surface area contributed by atoms with E-state index in [1.54, 1.807) is 11.3 Å². The van der Waals surface area contributed by atoms with E-state index >= 15 is 0 Å². The number of rotatable bonds is 4. The van der Waals surface area contributed by atoms with Gasteiger partial charge in [0.25, 0.3) is 0 Å². The summed E-state index contributed by atoms with van der Waals surface area (Å²) < 4.78 is 0. The van der Waals surface area contributed by atoms with Crippen molar-refractivity contribution >= 4 is 16.5 Å². The van der Waals surface area contributed by atoms with Gasteiger partial charge >= 0.3 is 0 Å². The zero-order chi connectivity index (χ0) is 11.4. The van der Waals surface area contributed by atoms with Gasteiger partial charge in [0.1, 0.15) is 0 Å². The van der Waals surface area contributed by atoms with Crippen molar-refractivity contribution in [3.8, 4) is 0 Å². The molecule has 2 heterocycles. The Morgan fingerprint density at radius 3 is 2.62 bits per heavy atom. The summed E-state index contributed by atoms with van der Waals surface area (Å²) >= 11 is 1.74. The maximum atomic E-state index is 4.44. The second kappa shape index (κ2) is 5.07. The number of thiazole rings is 1. The van der Waals surface area contributed by atoms with Crippen LogP contribution in [0.2, 0.25) is 0 Å². The van der Waals surface area contributed by atoms with E-state index in [9.17, 15) is 0 Å². The van der Waals surface area contributed by atoms with Gasteiger partial charge in [-0.2, -0.15) is 0 Å². The van der Waals surface area contributed by atoms with Crippen molar-refractivity contribution in [2.45, 2.75) is 19.8 Å². The Kier molecular flexibility index (Phi) is 3.51. The lowest BCUT2D eigenvalue weighted by molar-refractivity contribution is 0.957. The molecule has 2 aromatic heterocycles. The lowest BCUT2D eigenvalue weighted by Gasteiger charge is -1.99. The number of nitrogens with one attached hydrogen (secondary N) is 1. The average molecular weight is 233 g/mol. The van der Waals surface area contributed by atoms with Crippen molar-refractivity contribution in [1.29, 1.82) is 0 Å². The number of aryl methyl sites for hydroxylation is 3. The molecule has 0 saturated carbocycles. The van der Waals surface area contributed by atoms with E-state index in [1.165, 1.54) is 10.4 Å². The Morgan fingerprint density at radius 2 is 2.00 bits per heavy atom. The van der Waals surface area contributed by atoms with Gasteiger partial charge in [0, 0.05) is 24.3 Å². The minimum absolute atomic E-state index is 1.00. The predicted octanol–water partition coefficient (Wildman–Crippen LogP) is 2.67. The fourth-order valence-electron chi connectivity index (χ4n) is 1.57. The van der Waals surface area contributed by atoms with Gasteiger partial charge in [-0.25, -0.2) is 4.98 Å². The Morgan fingerprint density at radius 1 is 1.25 bits per heavy atom. The smallest absolute Gasteiger partial charge is 0.182 e. The summed E-state index contributed by atoms with van der Waals surface area (Å²) in [6.07, 6.45) is 5.78. The summed E-state index contributed by atoms with van der Waals surface area (Å²) in [5, 5.41) is 4.09. The largest absolute Gasteiger partial charge is 0.365 e. The number of aromatic nitrogens is 2. The molecule has 0 aromatic carbocycles. The van der Waals surface area contributed by atoms with Crippen LogP contribution in [0.15, 0.2) is 24.5 Å². The molecule has 0 amide bonds. The third kappa shape index (κ3) is 2.58. The molecule has 0 aliphatic rings. The third-order valence-corrected chi connectivity index (χ3v) is 3.73. The van der Waals surface area contributed by atoms with Crippen LogP contribution in [0, 0.1) is 6.92 Å². The minimum atomic E-state index is 1.00. The summed E-state index contributed by atoms with van der Waals surface area (Å²) in [6, 6.07) is 4.13. The number of anilines is 1. The SMILES string of the molecule is CNc1nc(C)c(CCc2ccncc2)s1. The summed E-state index contributed by atoms with van der Waals surface area (Å²) in [7, 11) is 1.91. The molecule has 0 aliphatic heterocycles. The molecule has 0 spiro atoms. The van der Waals surface area contributed by atoms with E-state index in [-0.39, 0.29) is 0 Å². The van der Waals surface area contributed by atoms with Gasteiger partial charge < -0.3 is 5.32 Å². The minimum Gasteiger partial charge on any atom is -0.365 e. The van der Waals surface area contributed by atoms with Gasteiger partial charge in [-0.15, -0.1) is 11.3 Å². The molecule has 0 aliphatic carbocycles. The summed E-state index contributed by atoms with van der Waals surface area (Å²) in [5.41, 5.74) is 2.47. The molecule has 1 N–H and O–H groups in total. The van der Waals surface area contributed by atoms with E-state index in [2.05, 4.69) is 34.3 Å². The van der Waals surface area contributed by atoms with Crippen molar-refractivity contribution in [2.75, 3.05) is 12.4 Å². The van der Waals surface area contributed by atoms with E-state index in [1.807, 2.05) is 19.4 Å². The lowest BCUT2D eigenvalue weighted by Crippen LogP contribution is -1.91.